The Labute approximate surface area is 99.3 Å². The zero-order valence-electron chi connectivity index (χ0n) is 7.94. The van der Waals surface area contributed by atoms with Gasteiger partial charge in [0.25, 0.3) is 0 Å². The number of hydrogen-bond donors (Lipinski definition) is 1. The predicted octanol–water partition coefficient (Wildman–Crippen LogP) is 2.55. The molecule has 1 atom stereocenters. The molecular formula is C9H15ClN2S2. The van der Waals surface area contributed by atoms with E-state index in [-0.39, 0.29) is 12.4 Å². The van der Waals surface area contributed by atoms with Crippen molar-refractivity contribution in [3.05, 3.63) is 16.6 Å². The van der Waals surface area contributed by atoms with Crippen molar-refractivity contribution in [2.45, 2.75) is 24.6 Å². The van der Waals surface area contributed by atoms with Gasteiger partial charge in [0.15, 0.2) is 0 Å². The molecule has 0 spiro atoms. The minimum atomic E-state index is 0. The topological polar surface area (TPSA) is 24.9 Å². The molecule has 1 saturated heterocycles. The fourth-order valence-corrected chi connectivity index (χ4v) is 3.38. The van der Waals surface area contributed by atoms with Gasteiger partial charge >= 0.3 is 0 Å². The molecule has 5 heteroatoms. The van der Waals surface area contributed by atoms with Gasteiger partial charge in [-0.3, -0.25) is 4.98 Å². The molecule has 1 N–H and O–H groups in total. The van der Waals surface area contributed by atoms with Crippen LogP contribution in [0.2, 0.25) is 0 Å². The van der Waals surface area contributed by atoms with Gasteiger partial charge in [-0.2, -0.15) is 11.8 Å². The molecule has 1 aliphatic heterocycles. The summed E-state index contributed by atoms with van der Waals surface area (Å²) in [6.07, 6.45) is 4.68. The van der Waals surface area contributed by atoms with Crippen molar-refractivity contribution in [2.75, 3.05) is 12.3 Å². The number of thioether (sulfide) groups is 1. The second-order valence-electron chi connectivity index (χ2n) is 3.28. The molecule has 0 saturated carbocycles. The summed E-state index contributed by atoms with van der Waals surface area (Å²) in [7, 11) is 0. The quantitative estimate of drug-likeness (QED) is 0.889. The van der Waals surface area contributed by atoms with Crippen molar-refractivity contribution in [1.29, 1.82) is 0 Å². The average molecular weight is 251 g/mol. The lowest BCUT2D eigenvalue weighted by Gasteiger charge is -2.07. The molecule has 0 aromatic carbocycles. The zero-order valence-corrected chi connectivity index (χ0v) is 10.4. The minimum Gasteiger partial charge on any atom is -0.313 e. The van der Waals surface area contributed by atoms with E-state index < -0.39 is 0 Å². The highest BCUT2D eigenvalue weighted by molar-refractivity contribution is 7.98. The van der Waals surface area contributed by atoms with E-state index in [4.69, 9.17) is 0 Å². The van der Waals surface area contributed by atoms with Gasteiger partial charge in [-0.1, -0.05) is 0 Å². The van der Waals surface area contributed by atoms with Crippen molar-refractivity contribution in [3.8, 4) is 0 Å². The van der Waals surface area contributed by atoms with E-state index in [1.54, 1.807) is 11.3 Å². The van der Waals surface area contributed by atoms with Crippen LogP contribution in [0.1, 0.15) is 17.7 Å². The van der Waals surface area contributed by atoms with Crippen LogP contribution in [0.15, 0.2) is 11.7 Å². The second-order valence-corrected chi connectivity index (χ2v) is 5.28. The largest absolute Gasteiger partial charge is 0.313 e. The lowest BCUT2D eigenvalue weighted by atomic mass is 10.3. The smallest absolute Gasteiger partial charge is 0.0794 e. The van der Waals surface area contributed by atoms with E-state index in [0.29, 0.717) is 0 Å². The molecule has 0 amide bonds. The minimum absolute atomic E-state index is 0. The summed E-state index contributed by atoms with van der Waals surface area (Å²) in [5.74, 6) is 2.38. The Kier molecular flexibility index (Phi) is 5.86. The first-order chi connectivity index (χ1) is 6.45. The number of rotatable bonds is 4. The highest BCUT2D eigenvalue weighted by Crippen LogP contribution is 2.18. The van der Waals surface area contributed by atoms with E-state index in [1.807, 2.05) is 23.5 Å². The van der Waals surface area contributed by atoms with Crippen LogP contribution in [0.4, 0.5) is 0 Å². The Morgan fingerprint density at radius 1 is 1.64 bits per heavy atom. The maximum absolute atomic E-state index is 4.06. The first kappa shape index (κ1) is 12.3. The summed E-state index contributed by atoms with van der Waals surface area (Å²) in [6, 6.07) is 0.762. The van der Waals surface area contributed by atoms with Crippen LogP contribution in [-0.4, -0.2) is 23.3 Å². The van der Waals surface area contributed by atoms with Gasteiger partial charge in [0.05, 0.1) is 5.51 Å². The van der Waals surface area contributed by atoms with Gasteiger partial charge in [-0.05, 0) is 19.4 Å². The first-order valence-corrected chi connectivity index (χ1v) is 6.67. The van der Waals surface area contributed by atoms with E-state index in [9.17, 15) is 0 Å². The third-order valence-electron chi connectivity index (χ3n) is 2.21. The standard InChI is InChI=1S/C9H14N2S2.ClH/c1-2-8(11-3-1)5-12-6-9-4-10-7-13-9;/h4,7-8,11H,1-3,5-6H2;1H. The predicted molar refractivity (Wildman–Crippen MR) is 66.5 cm³/mol. The fourth-order valence-electron chi connectivity index (χ4n) is 1.51. The van der Waals surface area contributed by atoms with Gasteiger partial charge in [-0.25, -0.2) is 0 Å². The summed E-state index contributed by atoms with van der Waals surface area (Å²) in [5, 5.41) is 3.50. The third kappa shape index (κ3) is 3.77. The number of aromatic nitrogens is 1. The molecule has 1 fully saturated rings. The van der Waals surface area contributed by atoms with Crippen molar-refractivity contribution in [2.24, 2.45) is 0 Å². The fraction of sp³-hybridized carbons (Fsp3) is 0.667. The van der Waals surface area contributed by atoms with Gasteiger partial charge < -0.3 is 5.32 Å². The molecule has 14 heavy (non-hydrogen) atoms. The van der Waals surface area contributed by atoms with Gasteiger partial charge in [0.2, 0.25) is 0 Å². The zero-order chi connectivity index (χ0) is 8.93. The normalized spacial score (nSPS) is 20.7. The van der Waals surface area contributed by atoms with E-state index in [1.165, 1.54) is 30.0 Å². The Morgan fingerprint density at radius 2 is 2.57 bits per heavy atom. The molecule has 80 valence electrons. The lowest BCUT2D eigenvalue weighted by molar-refractivity contribution is 0.674. The lowest BCUT2D eigenvalue weighted by Crippen LogP contribution is -2.23. The maximum Gasteiger partial charge on any atom is 0.0794 e. The molecule has 1 aromatic rings. The van der Waals surface area contributed by atoms with Crippen LogP contribution in [0.5, 0.6) is 0 Å². The van der Waals surface area contributed by atoms with Crippen LogP contribution in [-0.2, 0) is 5.75 Å². The summed E-state index contributed by atoms with van der Waals surface area (Å²) >= 11 is 3.77. The summed E-state index contributed by atoms with van der Waals surface area (Å²) in [4.78, 5) is 5.45. The van der Waals surface area contributed by atoms with Crippen molar-refractivity contribution >= 4 is 35.5 Å². The number of hydrogen-bond acceptors (Lipinski definition) is 4. The molecule has 2 heterocycles. The molecule has 1 aromatic heterocycles. The summed E-state index contributed by atoms with van der Waals surface area (Å²) in [6.45, 7) is 1.21. The molecular weight excluding hydrogens is 236 g/mol. The van der Waals surface area contributed by atoms with E-state index in [2.05, 4.69) is 10.3 Å². The number of nitrogens with zero attached hydrogens (tertiary/aromatic N) is 1. The highest BCUT2D eigenvalue weighted by atomic mass is 35.5. The van der Waals surface area contributed by atoms with E-state index in [0.717, 1.165) is 11.8 Å². The highest BCUT2D eigenvalue weighted by Gasteiger charge is 2.13. The second kappa shape index (κ2) is 6.67. The van der Waals surface area contributed by atoms with Gasteiger partial charge in [0.1, 0.15) is 0 Å². The SMILES string of the molecule is Cl.c1ncc(CSCC2CCCN2)s1. The van der Waals surface area contributed by atoms with E-state index >= 15 is 0 Å². The Balaban J connectivity index is 0.000000980. The Bertz CT molecular complexity index is 235. The Morgan fingerprint density at radius 3 is 3.21 bits per heavy atom. The average Bonchev–Trinajstić information content (AvgIpc) is 2.75. The molecule has 1 aliphatic rings. The summed E-state index contributed by atoms with van der Waals surface area (Å²) in [5.41, 5.74) is 1.91. The molecule has 2 nitrogen and oxygen atoms in total. The Hall–Kier alpha value is 0.230. The van der Waals surface area contributed by atoms with Crippen LogP contribution in [0.25, 0.3) is 0 Å². The van der Waals surface area contributed by atoms with Gasteiger partial charge in [0, 0.05) is 28.6 Å². The van der Waals surface area contributed by atoms with Gasteiger partial charge in [-0.15, -0.1) is 23.7 Å². The van der Waals surface area contributed by atoms with Crippen molar-refractivity contribution < 1.29 is 0 Å². The van der Waals surface area contributed by atoms with Crippen LogP contribution >= 0.6 is 35.5 Å². The number of thiazole rings is 1. The monoisotopic (exact) mass is 250 g/mol. The van der Waals surface area contributed by atoms with Crippen LogP contribution < -0.4 is 5.32 Å². The molecule has 2 rings (SSSR count). The van der Waals surface area contributed by atoms with Crippen molar-refractivity contribution in [1.82, 2.24) is 10.3 Å². The first-order valence-electron chi connectivity index (χ1n) is 4.63. The molecule has 1 unspecified atom stereocenters. The van der Waals surface area contributed by atoms with Crippen molar-refractivity contribution in [3.63, 3.8) is 0 Å². The molecule has 0 aliphatic carbocycles. The third-order valence-corrected chi connectivity index (χ3v) is 4.32. The van der Waals surface area contributed by atoms with Crippen LogP contribution in [0.3, 0.4) is 0 Å². The maximum atomic E-state index is 4.06. The molecule has 0 radical (unpaired) electrons. The number of nitrogens with one attached hydrogen (secondary N) is 1. The number of halogens is 1. The van der Waals surface area contributed by atoms with Crippen LogP contribution in [0, 0.1) is 0 Å². The molecule has 0 bridgehead atoms. The summed E-state index contributed by atoms with van der Waals surface area (Å²) < 4.78 is 0.